The summed E-state index contributed by atoms with van der Waals surface area (Å²) in [7, 11) is 0. The van der Waals surface area contributed by atoms with E-state index < -0.39 is 0 Å². The maximum absolute atomic E-state index is 4.95. The first-order valence-electron chi connectivity index (χ1n) is 10.6. The molecule has 1 aromatic carbocycles. The van der Waals surface area contributed by atoms with Crippen molar-refractivity contribution in [1.82, 2.24) is 25.3 Å². The number of nitrogens with one attached hydrogen (secondary N) is 2. The van der Waals surface area contributed by atoms with Crippen LogP contribution in [0, 0.1) is 0 Å². The molecule has 0 saturated carbocycles. The van der Waals surface area contributed by atoms with Crippen molar-refractivity contribution >= 4 is 28.2 Å². The van der Waals surface area contributed by atoms with Gasteiger partial charge < -0.3 is 15.5 Å². The Morgan fingerprint density at radius 2 is 1.90 bits per heavy atom. The average Bonchev–Trinajstić information content (AvgIpc) is 2.81. The fraction of sp³-hybridized carbons (Fsp3) is 0.250. The molecule has 0 aliphatic carbocycles. The third-order valence-electron chi connectivity index (χ3n) is 5.64. The van der Waals surface area contributed by atoms with Gasteiger partial charge in [0.15, 0.2) is 0 Å². The summed E-state index contributed by atoms with van der Waals surface area (Å²) < 4.78 is 0. The van der Waals surface area contributed by atoms with E-state index >= 15 is 0 Å². The SMILES string of the molecule is C[C@@H]1CN(c2cc(-c3nc(Nc4cnccn4)cc4ccccc34)ccn2)[C@@H](C)CN1. The quantitative estimate of drug-likeness (QED) is 0.525. The largest absolute Gasteiger partial charge is 0.351 e. The molecule has 4 heterocycles. The van der Waals surface area contributed by atoms with Crippen molar-refractivity contribution in [3.05, 3.63) is 67.3 Å². The summed E-state index contributed by atoms with van der Waals surface area (Å²) >= 11 is 0. The molecular weight excluding hydrogens is 386 g/mol. The maximum Gasteiger partial charge on any atom is 0.150 e. The minimum absolute atomic E-state index is 0.383. The lowest BCUT2D eigenvalue weighted by molar-refractivity contribution is 0.422. The zero-order valence-corrected chi connectivity index (χ0v) is 17.7. The van der Waals surface area contributed by atoms with Crippen LogP contribution in [0.1, 0.15) is 13.8 Å². The molecule has 5 rings (SSSR count). The first kappa shape index (κ1) is 19.4. The van der Waals surface area contributed by atoms with Crippen molar-refractivity contribution in [3.63, 3.8) is 0 Å². The van der Waals surface area contributed by atoms with E-state index in [4.69, 9.17) is 4.98 Å². The van der Waals surface area contributed by atoms with Gasteiger partial charge in [-0.1, -0.05) is 24.3 Å². The molecule has 1 fully saturated rings. The van der Waals surface area contributed by atoms with Crippen molar-refractivity contribution in [2.75, 3.05) is 23.3 Å². The maximum atomic E-state index is 4.95. The van der Waals surface area contributed by atoms with E-state index in [1.165, 1.54) is 0 Å². The Balaban J connectivity index is 1.58. The highest BCUT2D eigenvalue weighted by Crippen LogP contribution is 2.32. The van der Waals surface area contributed by atoms with E-state index in [-0.39, 0.29) is 0 Å². The molecule has 4 aromatic rings. The summed E-state index contributed by atoms with van der Waals surface area (Å²) in [6, 6.07) is 15.3. The molecule has 7 nitrogen and oxygen atoms in total. The normalized spacial score (nSPS) is 18.8. The number of nitrogens with zero attached hydrogens (tertiary/aromatic N) is 5. The fourth-order valence-corrected chi connectivity index (χ4v) is 4.04. The smallest absolute Gasteiger partial charge is 0.150 e. The van der Waals surface area contributed by atoms with Crippen LogP contribution in [0.4, 0.5) is 17.5 Å². The number of pyridine rings is 2. The Morgan fingerprint density at radius 1 is 1.00 bits per heavy atom. The fourth-order valence-electron chi connectivity index (χ4n) is 4.04. The lowest BCUT2D eigenvalue weighted by atomic mass is 10.0. The number of benzene rings is 1. The molecule has 0 spiro atoms. The summed E-state index contributed by atoms with van der Waals surface area (Å²) in [6.07, 6.45) is 6.88. The van der Waals surface area contributed by atoms with Gasteiger partial charge in [-0.15, -0.1) is 0 Å². The zero-order valence-electron chi connectivity index (χ0n) is 17.7. The molecule has 0 unspecified atom stereocenters. The van der Waals surface area contributed by atoms with Gasteiger partial charge in [0.05, 0.1) is 11.9 Å². The Hall–Kier alpha value is -3.58. The lowest BCUT2D eigenvalue weighted by Gasteiger charge is -2.38. The van der Waals surface area contributed by atoms with Crippen LogP contribution >= 0.6 is 0 Å². The van der Waals surface area contributed by atoms with Crippen LogP contribution < -0.4 is 15.5 Å². The number of fused-ring (bicyclic) bond motifs is 1. The molecule has 0 amide bonds. The highest BCUT2D eigenvalue weighted by molar-refractivity contribution is 5.96. The van der Waals surface area contributed by atoms with Crippen molar-refractivity contribution in [3.8, 4) is 11.3 Å². The molecule has 1 aliphatic heterocycles. The summed E-state index contributed by atoms with van der Waals surface area (Å²) in [5.41, 5.74) is 1.96. The summed E-state index contributed by atoms with van der Waals surface area (Å²) in [4.78, 5) is 20.4. The Bertz CT molecular complexity index is 1190. The van der Waals surface area contributed by atoms with Gasteiger partial charge >= 0.3 is 0 Å². The molecule has 156 valence electrons. The summed E-state index contributed by atoms with van der Waals surface area (Å²) in [6.45, 7) is 6.32. The predicted octanol–water partition coefficient (Wildman–Crippen LogP) is 4.02. The van der Waals surface area contributed by atoms with Gasteiger partial charge in [0.2, 0.25) is 0 Å². The number of anilines is 3. The van der Waals surface area contributed by atoms with Gasteiger partial charge in [-0.3, -0.25) is 4.98 Å². The first-order chi connectivity index (χ1) is 15.2. The second-order valence-electron chi connectivity index (χ2n) is 8.01. The van der Waals surface area contributed by atoms with Crippen LogP contribution in [0.2, 0.25) is 0 Å². The summed E-state index contributed by atoms with van der Waals surface area (Å²) in [5.74, 6) is 2.38. The standard InChI is InChI=1S/C24H25N7/c1-16-15-31(17(2)13-28-16)23-12-19(7-8-27-23)24-20-6-4-3-5-18(20)11-21(30-24)29-22-14-25-9-10-26-22/h3-12,14,16-17,28H,13,15H2,1-2H3,(H,26,29,30)/t16-,17+/m1/s1. The molecular formula is C24H25N7. The first-order valence-corrected chi connectivity index (χ1v) is 10.6. The van der Waals surface area contributed by atoms with Crippen molar-refractivity contribution in [1.29, 1.82) is 0 Å². The average molecular weight is 412 g/mol. The van der Waals surface area contributed by atoms with Crippen LogP contribution in [0.5, 0.6) is 0 Å². The van der Waals surface area contributed by atoms with Gasteiger partial charge in [-0.2, -0.15) is 0 Å². The Kier molecular flexibility index (Phi) is 5.18. The number of piperazine rings is 1. The molecule has 0 bridgehead atoms. The number of rotatable bonds is 4. The number of hydrogen-bond donors (Lipinski definition) is 2. The minimum atomic E-state index is 0.383. The van der Waals surface area contributed by atoms with Crippen molar-refractivity contribution in [2.45, 2.75) is 25.9 Å². The van der Waals surface area contributed by atoms with Crippen LogP contribution in [0.3, 0.4) is 0 Å². The topological polar surface area (TPSA) is 78.9 Å². The van der Waals surface area contributed by atoms with Gasteiger partial charge in [0.1, 0.15) is 17.5 Å². The lowest BCUT2D eigenvalue weighted by Crippen LogP contribution is -2.54. The highest BCUT2D eigenvalue weighted by Gasteiger charge is 2.24. The third kappa shape index (κ3) is 4.04. The van der Waals surface area contributed by atoms with Gasteiger partial charge in [-0.05, 0) is 37.4 Å². The van der Waals surface area contributed by atoms with E-state index in [0.717, 1.165) is 46.8 Å². The number of aromatic nitrogens is 4. The monoisotopic (exact) mass is 411 g/mol. The second-order valence-corrected chi connectivity index (χ2v) is 8.01. The second kappa shape index (κ2) is 8.28. The van der Waals surface area contributed by atoms with Gasteiger partial charge in [0.25, 0.3) is 0 Å². The van der Waals surface area contributed by atoms with Crippen LogP contribution in [0.15, 0.2) is 67.3 Å². The molecule has 3 aromatic heterocycles. The van der Waals surface area contributed by atoms with Crippen LogP contribution in [-0.2, 0) is 0 Å². The molecule has 2 atom stereocenters. The molecule has 7 heteroatoms. The predicted molar refractivity (Wildman–Crippen MR) is 125 cm³/mol. The summed E-state index contributed by atoms with van der Waals surface area (Å²) in [5, 5.41) is 9.02. The van der Waals surface area contributed by atoms with E-state index in [9.17, 15) is 0 Å². The molecule has 1 saturated heterocycles. The van der Waals surface area contributed by atoms with Crippen molar-refractivity contribution in [2.24, 2.45) is 0 Å². The molecule has 31 heavy (non-hydrogen) atoms. The van der Waals surface area contributed by atoms with E-state index in [1.807, 2.05) is 30.5 Å². The Morgan fingerprint density at radius 3 is 2.77 bits per heavy atom. The molecule has 1 aliphatic rings. The van der Waals surface area contributed by atoms with Crippen LogP contribution in [-0.4, -0.2) is 45.1 Å². The number of hydrogen-bond acceptors (Lipinski definition) is 7. The zero-order chi connectivity index (χ0) is 21.2. The van der Waals surface area contributed by atoms with E-state index in [2.05, 4.69) is 62.5 Å². The van der Waals surface area contributed by atoms with Crippen LogP contribution in [0.25, 0.3) is 22.0 Å². The van der Waals surface area contributed by atoms with E-state index in [0.29, 0.717) is 17.9 Å². The van der Waals surface area contributed by atoms with Gasteiger partial charge in [-0.25, -0.2) is 15.0 Å². The van der Waals surface area contributed by atoms with Gasteiger partial charge in [0, 0.05) is 54.7 Å². The highest BCUT2D eigenvalue weighted by atomic mass is 15.3. The minimum Gasteiger partial charge on any atom is -0.351 e. The molecule has 0 radical (unpaired) electrons. The van der Waals surface area contributed by atoms with E-state index in [1.54, 1.807) is 18.6 Å². The van der Waals surface area contributed by atoms with Crippen molar-refractivity contribution < 1.29 is 0 Å². The Labute approximate surface area is 181 Å². The molecule has 2 N–H and O–H groups in total. The third-order valence-corrected chi connectivity index (χ3v) is 5.64.